The fraction of sp³-hybridized carbons (Fsp3) is 0.296. The number of ether oxygens (including phenoxy) is 4. The van der Waals surface area contributed by atoms with E-state index in [9.17, 15) is 4.79 Å². The van der Waals surface area contributed by atoms with E-state index in [-0.39, 0.29) is 24.8 Å². The standard InChI is InChI=1S/C27H26N2O5/c1-28-22-14-29(13-17-6-9-23-25(10-17)33-16-32-23)15-26(22)34-24-12-19(7-8-21(24)27(28)30)18-4-3-5-20(11-18)31-2/h3-12,22,26H,13-16H2,1-2H3. The molecule has 2 unspecified atom stereocenters. The second-order valence-corrected chi connectivity index (χ2v) is 8.96. The van der Waals surface area contributed by atoms with Crippen molar-refractivity contribution < 1.29 is 23.7 Å². The van der Waals surface area contributed by atoms with Crippen LogP contribution in [0.1, 0.15) is 15.9 Å². The number of benzene rings is 3. The average Bonchev–Trinajstić information content (AvgIpc) is 3.47. The number of fused-ring (bicyclic) bond motifs is 3. The highest BCUT2D eigenvalue weighted by molar-refractivity contribution is 5.98. The maximum absolute atomic E-state index is 13.3. The van der Waals surface area contributed by atoms with Gasteiger partial charge in [0.2, 0.25) is 6.79 Å². The molecular formula is C27H26N2O5. The van der Waals surface area contributed by atoms with Crippen LogP contribution in [-0.4, -0.2) is 61.9 Å². The molecular weight excluding hydrogens is 432 g/mol. The van der Waals surface area contributed by atoms with E-state index in [1.165, 1.54) is 0 Å². The first-order valence-electron chi connectivity index (χ1n) is 11.4. The van der Waals surface area contributed by atoms with Gasteiger partial charge in [-0.25, -0.2) is 0 Å². The number of carbonyl (C=O) groups is 1. The van der Waals surface area contributed by atoms with Crippen molar-refractivity contribution in [3.05, 3.63) is 71.8 Å². The van der Waals surface area contributed by atoms with Crippen LogP contribution in [0.15, 0.2) is 60.7 Å². The van der Waals surface area contributed by atoms with E-state index < -0.39 is 0 Å². The molecule has 0 aromatic heterocycles. The summed E-state index contributed by atoms with van der Waals surface area (Å²) in [7, 11) is 3.53. The molecule has 3 aliphatic heterocycles. The third-order valence-electron chi connectivity index (χ3n) is 6.87. The van der Waals surface area contributed by atoms with E-state index >= 15 is 0 Å². The van der Waals surface area contributed by atoms with Gasteiger partial charge in [0.1, 0.15) is 17.6 Å². The summed E-state index contributed by atoms with van der Waals surface area (Å²) in [6.45, 7) is 2.51. The third kappa shape index (κ3) is 3.62. The second-order valence-electron chi connectivity index (χ2n) is 8.96. The smallest absolute Gasteiger partial charge is 0.257 e. The average molecular weight is 459 g/mol. The number of hydrogen-bond acceptors (Lipinski definition) is 6. The first-order chi connectivity index (χ1) is 16.6. The van der Waals surface area contributed by atoms with Crippen molar-refractivity contribution in [2.75, 3.05) is 34.0 Å². The van der Waals surface area contributed by atoms with Gasteiger partial charge < -0.3 is 23.8 Å². The monoisotopic (exact) mass is 458 g/mol. The zero-order chi connectivity index (χ0) is 23.2. The molecule has 0 aliphatic carbocycles. The summed E-state index contributed by atoms with van der Waals surface area (Å²) >= 11 is 0. The van der Waals surface area contributed by atoms with E-state index in [0.717, 1.165) is 53.6 Å². The van der Waals surface area contributed by atoms with Gasteiger partial charge in [0.25, 0.3) is 5.91 Å². The van der Waals surface area contributed by atoms with E-state index in [2.05, 4.69) is 11.0 Å². The van der Waals surface area contributed by atoms with Crippen molar-refractivity contribution in [3.8, 4) is 34.1 Å². The van der Waals surface area contributed by atoms with Gasteiger partial charge in [0, 0.05) is 26.7 Å². The Bertz CT molecular complexity index is 1260. The summed E-state index contributed by atoms with van der Waals surface area (Å²) < 4.78 is 22.8. The molecule has 174 valence electrons. The van der Waals surface area contributed by atoms with Crippen molar-refractivity contribution >= 4 is 5.91 Å². The predicted octanol–water partition coefficient (Wildman–Crippen LogP) is 3.81. The fourth-order valence-corrected chi connectivity index (χ4v) is 5.03. The lowest BCUT2D eigenvalue weighted by Gasteiger charge is -2.25. The SMILES string of the molecule is COc1cccc(-c2ccc3c(c2)OC2CN(Cc4ccc5c(c4)OCO5)CC2N(C)C3=O)c1. The Balaban J connectivity index is 1.25. The summed E-state index contributed by atoms with van der Waals surface area (Å²) in [4.78, 5) is 17.5. The number of amides is 1. The number of hydrogen-bond donors (Lipinski definition) is 0. The molecule has 3 aromatic rings. The maximum Gasteiger partial charge on any atom is 0.257 e. The van der Waals surface area contributed by atoms with Gasteiger partial charge in [0.15, 0.2) is 11.5 Å². The van der Waals surface area contributed by atoms with Crippen LogP contribution in [0, 0.1) is 0 Å². The van der Waals surface area contributed by atoms with Crippen molar-refractivity contribution in [1.82, 2.24) is 9.80 Å². The highest BCUT2D eigenvalue weighted by Gasteiger charge is 2.42. The minimum absolute atomic E-state index is 0.00961. The van der Waals surface area contributed by atoms with E-state index in [1.54, 1.807) is 7.11 Å². The Hall–Kier alpha value is -3.71. The maximum atomic E-state index is 13.3. The lowest BCUT2D eigenvalue weighted by Crippen LogP contribution is -2.44. The quantitative estimate of drug-likeness (QED) is 0.593. The Morgan fingerprint density at radius 2 is 1.79 bits per heavy atom. The molecule has 6 rings (SSSR count). The first-order valence-corrected chi connectivity index (χ1v) is 11.4. The Morgan fingerprint density at radius 1 is 0.941 bits per heavy atom. The Labute approximate surface area is 198 Å². The number of rotatable bonds is 4. The zero-order valence-electron chi connectivity index (χ0n) is 19.2. The summed E-state index contributed by atoms with van der Waals surface area (Å²) in [5, 5.41) is 0. The van der Waals surface area contributed by atoms with Crippen LogP contribution in [0.25, 0.3) is 11.1 Å². The van der Waals surface area contributed by atoms with Crippen LogP contribution in [0.4, 0.5) is 0 Å². The van der Waals surface area contributed by atoms with Gasteiger partial charge in [-0.15, -0.1) is 0 Å². The molecule has 3 aromatic carbocycles. The van der Waals surface area contributed by atoms with Crippen molar-refractivity contribution in [3.63, 3.8) is 0 Å². The molecule has 1 saturated heterocycles. The molecule has 1 fully saturated rings. The molecule has 1 amide bonds. The molecule has 0 bridgehead atoms. The van der Waals surface area contributed by atoms with Gasteiger partial charge in [-0.3, -0.25) is 9.69 Å². The zero-order valence-corrected chi connectivity index (χ0v) is 19.2. The van der Waals surface area contributed by atoms with Gasteiger partial charge in [-0.05, 0) is 53.1 Å². The molecule has 7 heteroatoms. The van der Waals surface area contributed by atoms with Gasteiger partial charge in [-0.2, -0.15) is 0 Å². The molecule has 7 nitrogen and oxygen atoms in total. The topological polar surface area (TPSA) is 60.5 Å². The fourth-order valence-electron chi connectivity index (χ4n) is 5.03. The van der Waals surface area contributed by atoms with E-state index in [1.807, 2.05) is 66.5 Å². The first kappa shape index (κ1) is 20.9. The molecule has 0 radical (unpaired) electrons. The second kappa shape index (κ2) is 8.25. The Kier molecular flexibility index (Phi) is 5.07. The third-order valence-corrected chi connectivity index (χ3v) is 6.87. The number of carbonyl (C=O) groups excluding carboxylic acids is 1. The highest BCUT2D eigenvalue weighted by atomic mass is 16.7. The Morgan fingerprint density at radius 3 is 2.68 bits per heavy atom. The minimum Gasteiger partial charge on any atom is -0.497 e. The van der Waals surface area contributed by atoms with Crippen LogP contribution in [0.3, 0.4) is 0 Å². The van der Waals surface area contributed by atoms with Crippen LogP contribution in [-0.2, 0) is 6.54 Å². The largest absolute Gasteiger partial charge is 0.497 e. The predicted molar refractivity (Wildman–Crippen MR) is 127 cm³/mol. The highest BCUT2D eigenvalue weighted by Crippen LogP contribution is 2.36. The summed E-state index contributed by atoms with van der Waals surface area (Å²) in [5.41, 5.74) is 3.76. The lowest BCUT2D eigenvalue weighted by molar-refractivity contribution is 0.0682. The van der Waals surface area contributed by atoms with E-state index in [0.29, 0.717) is 11.3 Å². The molecule has 0 saturated carbocycles. The molecule has 0 N–H and O–H groups in total. The van der Waals surface area contributed by atoms with Crippen LogP contribution >= 0.6 is 0 Å². The van der Waals surface area contributed by atoms with Crippen LogP contribution in [0.5, 0.6) is 23.0 Å². The van der Waals surface area contributed by atoms with Crippen LogP contribution in [0.2, 0.25) is 0 Å². The van der Waals surface area contributed by atoms with Crippen LogP contribution < -0.4 is 18.9 Å². The molecule has 34 heavy (non-hydrogen) atoms. The summed E-state index contributed by atoms with van der Waals surface area (Å²) in [5.74, 6) is 2.99. The summed E-state index contributed by atoms with van der Waals surface area (Å²) in [6, 6.07) is 19.7. The molecule has 2 atom stereocenters. The lowest BCUT2D eigenvalue weighted by atomic mass is 10.0. The number of likely N-dealkylation sites (tertiary alicyclic amines) is 1. The van der Waals surface area contributed by atoms with Crippen molar-refractivity contribution in [2.45, 2.75) is 18.7 Å². The minimum atomic E-state index is -0.107. The molecule has 3 heterocycles. The normalized spacial score (nSPS) is 21.0. The van der Waals surface area contributed by atoms with Gasteiger partial charge in [0.05, 0.1) is 18.7 Å². The number of nitrogens with zero attached hydrogens (tertiary/aromatic N) is 2. The molecule has 3 aliphatic rings. The van der Waals surface area contributed by atoms with Crippen molar-refractivity contribution in [2.24, 2.45) is 0 Å². The summed E-state index contributed by atoms with van der Waals surface area (Å²) in [6.07, 6.45) is -0.107. The molecule has 0 spiro atoms. The van der Waals surface area contributed by atoms with Crippen molar-refractivity contribution in [1.29, 1.82) is 0 Å². The van der Waals surface area contributed by atoms with Gasteiger partial charge in [-0.1, -0.05) is 24.3 Å². The number of methoxy groups -OCH3 is 1. The van der Waals surface area contributed by atoms with E-state index in [4.69, 9.17) is 18.9 Å². The van der Waals surface area contributed by atoms with Gasteiger partial charge >= 0.3 is 0 Å². The number of likely N-dealkylation sites (N-methyl/N-ethyl adjacent to an activating group) is 1.